The van der Waals surface area contributed by atoms with Crippen molar-refractivity contribution in [1.29, 1.82) is 0 Å². The fraction of sp³-hybridized carbons (Fsp3) is 0.250. The second-order valence-electron chi connectivity index (χ2n) is 4.47. The lowest BCUT2D eigenvalue weighted by molar-refractivity contribution is 0.589. The Morgan fingerprint density at radius 2 is 2.17 bits per heavy atom. The van der Waals surface area contributed by atoms with Gasteiger partial charge in [-0.15, -0.1) is 0 Å². The lowest BCUT2D eigenvalue weighted by atomic mass is 10.2. The van der Waals surface area contributed by atoms with Gasteiger partial charge in [-0.25, -0.2) is 13.1 Å². The van der Waals surface area contributed by atoms with E-state index in [1.54, 1.807) is 23.0 Å². The highest BCUT2D eigenvalue weighted by Gasteiger charge is 2.25. The van der Waals surface area contributed by atoms with E-state index in [0.29, 0.717) is 12.1 Å². The lowest BCUT2D eigenvalue weighted by Gasteiger charge is -2.14. The molecule has 0 saturated heterocycles. The Bertz CT molecular complexity index is 704. The molecule has 2 aromatic rings. The molecule has 0 bridgehead atoms. The van der Waals surface area contributed by atoms with Gasteiger partial charge in [0.2, 0.25) is 0 Å². The second kappa shape index (κ2) is 3.84. The highest BCUT2D eigenvalue weighted by Crippen LogP contribution is 2.23. The molecule has 0 saturated carbocycles. The molecular formula is C12H13N3O2S. The normalized spacial score (nSPS) is 17.3. The van der Waals surface area contributed by atoms with E-state index in [1.165, 1.54) is 0 Å². The molecule has 6 heteroatoms. The Morgan fingerprint density at radius 1 is 1.33 bits per heavy atom. The topological polar surface area (TPSA) is 78.0 Å². The number of hydrogen-bond donors (Lipinski definition) is 1. The van der Waals surface area contributed by atoms with Gasteiger partial charge in [0.25, 0.3) is 0 Å². The third kappa shape index (κ3) is 1.88. The molecule has 1 aliphatic heterocycles. The number of sulfone groups is 1. The van der Waals surface area contributed by atoms with Crippen LogP contribution in [0.25, 0.3) is 5.69 Å². The minimum Gasteiger partial charge on any atom is -0.399 e. The van der Waals surface area contributed by atoms with E-state index in [0.717, 1.165) is 16.9 Å². The van der Waals surface area contributed by atoms with Gasteiger partial charge in [0, 0.05) is 5.69 Å². The Hall–Kier alpha value is -1.82. The number of hydrogen-bond acceptors (Lipinski definition) is 4. The summed E-state index contributed by atoms with van der Waals surface area (Å²) < 4.78 is 25.1. The fourth-order valence-corrected chi connectivity index (χ4v) is 3.59. The van der Waals surface area contributed by atoms with Crippen molar-refractivity contribution >= 4 is 15.5 Å². The summed E-state index contributed by atoms with van der Waals surface area (Å²) in [6.45, 7) is 0. The van der Waals surface area contributed by atoms with Crippen molar-refractivity contribution < 1.29 is 8.42 Å². The summed E-state index contributed by atoms with van der Waals surface area (Å²) in [6.07, 6.45) is 2.28. The number of nitrogens with zero attached hydrogens (tertiary/aromatic N) is 2. The maximum atomic E-state index is 11.7. The number of aryl methyl sites for hydroxylation is 1. The molecule has 2 N–H and O–H groups in total. The van der Waals surface area contributed by atoms with E-state index in [4.69, 9.17) is 5.73 Å². The molecule has 0 unspecified atom stereocenters. The molecule has 0 aliphatic carbocycles. The molecule has 18 heavy (non-hydrogen) atoms. The van der Waals surface area contributed by atoms with Crippen LogP contribution in [0.2, 0.25) is 0 Å². The standard InChI is InChI=1S/C12H13N3O2S/c13-10-2-1-3-11(6-10)15-12-8-18(16,17)5-4-9(12)7-14-15/h1-3,6-7H,4-5,8,13H2. The van der Waals surface area contributed by atoms with Crippen LogP contribution in [0.1, 0.15) is 11.3 Å². The van der Waals surface area contributed by atoms with Crippen LogP contribution in [0, 0.1) is 0 Å². The third-order valence-corrected chi connectivity index (χ3v) is 4.65. The molecule has 0 amide bonds. The zero-order valence-electron chi connectivity index (χ0n) is 9.70. The first-order valence-electron chi connectivity index (χ1n) is 5.67. The molecule has 0 atom stereocenters. The van der Waals surface area contributed by atoms with Crippen molar-refractivity contribution in [2.45, 2.75) is 12.2 Å². The Labute approximate surface area is 105 Å². The monoisotopic (exact) mass is 263 g/mol. The van der Waals surface area contributed by atoms with Crippen LogP contribution in [0.5, 0.6) is 0 Å². The molecule has 1 aliphatic rings. The molecule has 2 heterocycles. The summed E-state index contributed by atoms with van der Waals surface area (Å²) in [5.41, 5.74) is 8.93. The number of fused-ring (bicyclic) bond motifs is 1. The highest BCUT2D eigenvalue weighted by atomic mass is 32.2. The number of nitrogens with two attached hydrogens (primary N) is 1. The van der Waals surface area contributed by atoms with Gasteiger partial charge in [0.05, 0.1) is 29.1 Å². The van der Waals surface area contributed by atoms with Crippen LogP contribution < -0.4 is 5.73 Å². The number of nitrogen functional groups attached to an aromatic ring is 1. The number of aromatic nitrogens is 2. The van der Waals surface area contributed by atoms with Gasteiger partial charge in [-0.3, -0.25) is 0 Å². The summed E-state index contributed by atoms with van der Waals surface area (Å²) in [4.78, 5) is 0. The molecule has 0 radical (unpaired) electrons. The molecule has 1 aromatic carbocycles. The fourth-order valence-electron chi connectivity index (χ4n) is 2.20. The minimum atomic E-state index is -3.00. The van der Waals surface area contributed by atoms with Gasteiger partial charge in [0.1, 0.15) is 0 Å². The molecule has 94 valence electrons. The second-order valence-corrected chi connectivity index (χ2v) is 6.65. The van der Waals surface area contributed by atoms with E-state index in [2.05, 4.69) is 5.10 Å². The van der Waals surface area contributed by atoms with E-state index >= 15 is 0 Å². The van der Waals surface area contributed by atoms with Crippen LogP contribution in [0.15, 0.2) is 30.5 Å². The first-order valence-corrected chi connectivity index (χ1v) is 7.49. The van der Waals surface area contributed by atoms with Crippen molar-refractivity contribution in [3.63, 3.8) is 0 Å². The lowest BCUT2D eigenvalue weighted by Crippen LogP contribution is -2.20. The quantitative estimate of drug-likeness (QED) is 0.776. The Morgan fingerprint density at radius 3 is 2.94 bits per heavy atom. The van der Waals surface area contributed by atoms with E-state index in [9.17, 15) is 8.42 Å². The number of benzene rings is 1. The number of anilines is 1. The van der Waals surface area contributed by atoms with Gasteiger partial charge < -0.3 is 5.73 Å². The molecule has 1 aromatic heterocycles. The van der Waals surface area contributed by atoms with Crippen molar-refractivity contribution in [3.05, 3.63) is 41.7 Å². The Kier molecular flexibility index (Phi) is 2.41. The van der Waals surface area contributed by atoms with Crippen LogP contribution in [-0.2, 0) is 22.0 Å². The summed E-state index contributed by atoms with van der Waals surface area (Å²) in [6, 6.07) is 7.27. The van der Waals surface area contributed by atoms with E-state index in [1.807, 2.05) is 12.1 Å². The van der Waals surface area contributed by atoms with Crippen LogP contribution in [0.3, 0.4) is 0 Å². The summed E-state index contributed by atoms with van der Waals surface area (Å²) in [7, 11) is -3.00. The largest absolute Gasteiger partial charge is 0.399 e. The summed E-state index contributed by atoms with van der Waals surface area (Å²) >= 11 is 0. The van der Waals surface area contributed by atoms with Crippen LogP contribution in [-0.4, -0.2) is 24.0 Å². The molecule has 3 rings (SSSR count). The number of rotatable bonds is 1. The van der Waals surface area contributed by atoms with Crippen molar-refractivity contribution in [2.24, 2.45) is 0 Å². The van der Waals surface area contributed by atoms with Gasteiger partial charge in [-0.1, -0.05) is 6.07 Å². The Balaban J connectivity index is 2.13. The van der Waals surface area contributed by atoms with Crippen LogP contribution in [0.4, 0.5) is 5.69 Å². The summed E-state index contributed by atoms with van der Waals surface area (Å²) in [5.74, 6) is 0.264. The molecule has 0 spiro atoms. The minimum absolute atomic E-state index is 0.0527. The third-order valence-electron chi connectivity index (χ3n) is 3.11. The molecule has 0 fully saturated rings. The first-order chi connectivity index (χ1) is 8.55. The summed E-state index contributed by atoms with van der Waals surface area (Å²) in [5, 5.41) is 4.27. The van der Waals surface area contributed by atoms with Gasteiger partial charge in [-0.2, -0.15) is 5.10 Å². The van der Waals surface area contributed by atoms with Crippen molar-refractivity contribution in [1.82, 2.24) is 9.78 Å². The zero-order valence-corrected chi connectivity index (χ0v) is 10.5. The maximum absolute atomic E-state index is 11.7. The SMILES string of the molecule is Nc1cccc(-n2ncc3c2CS(=O)(=O)CC3)c1. The maximum Gasteiger partial charge on any atom is 0.156 e. The van der Waals surface area contributed by atoms with E-state index < -0.39 is 9.84 Å². The average molecular weight is 263 g/mol. The predicted molar refractivity (Wildman–Crippen MR) is 69.2 cm³/mol. The smallest absolute Gasteiger partial charge is 0.156 e. The first kappa shape index (κ1) is 11.3. The van der Waals surface area contributed by atoms with Crippen molar-refractivity contribution in [2.75, 3.05) is 11.5 Å². The van der Waals surface area contributed by atoms with Crippen molar-refractivity contribution in [3.8, 4) is 5.69 Å². The molecular weight excluding hydrogens is 250 g/mol. The van der Waals surface area contributed by atoms with Gasteiger partial charge >= 0.3 is 0 Å². The highest BCUT2D eigenvalue weighted by molar-refractivity contribution is 7.90. The van der Waals surface area contributed by atoms with Gasteiger partial charge in [-0.05, 0) is 30.2 Å². The van der Waals surface area contributed by atoms with Gasteiger partial charge in [0.15, 0.2) is 9.84 Å². The molecule has 5 nitrogen and oxygen atoms in total. The van der Waals surface area contributed by atoms with E-state index in [-0.39, 0.29) is 11.5 Å². The zero-order chi connectivity index (χ0) is 12.8. The van der Waals surface area contributed by atoms with Crippen LogP contribution >= 0.6 is 0 Å². The predicted octanol–water partition coefficient (Wildman–Crippen LogP) is 0.925. The average Bonchev–Trinajstić information content (AvgIpc) is 2.70.